The first-order valence-electron chi connectivity index (χ1n) is 7.10. The third kappa shape index (κ3) is 2.50. The van der Waals surface area contributed by atoms with E-state index in [2.05, 4.69) is 0 Å². The summed E-state index contributed by atoms with van der Waals surface area (Å²) in [6, 6.07) is 10.4. The number of carbonyl (C=O) groups is 1. The van der Waals surface area contributed by atoms with Crippen molar-refractivity contribution in [3.05, 3.63) is 53.3 Å². The quantitative estimate of drug-likeness (QED) is 0.589. The zero-order valence-corrected chi connectivity index (χ0v) is 13.2. The fourth-order valence-corrected chi connectivity index (χ4v) is 2.57. The molecule has 0 fully saturated rings. The monoisotopic (exact) mass is 311 g/mol. The number of fused-ring (bicyclic) bond motifs is 1. The molecule has 3 aromatic rings. The van der Waals surface area contributed by atoms with Crippen LogP contribution in [0.3, 0.4) is 0 Å². The van der Waals surface area contributed by atoms with E-state index in [-0.39, 0.29) is 11.5 Å². The van der Waals surface area contributed by atoms with Crippen molar-refractivity contribution in [2.45, 2.75) is 6.92 Å². The lowest BCUT2D eigenvalue weighted by molar-refractivity contribution is 0.101. The van der Waals surface area contributed by atoms with E-state index in [9.17, 15) is 4.79 Å². The van der Waals surface area contributed by atoms with Crippen LogP contribution >= 0.6 is 0 Å². The Morgan fingerprint density at radius 1 is 1.09 bits per heavy atom. The summed E-state index contributed by atoms with van der Waals surface area (Å²) in [7, 11) is 3.07. The second-order valence-corrected chi connectivity index (χ2v) is 5.21. The molecule has 5 heteroatoms. The lowest BCUT2D eigenvalue weighted by Gasteiger charge is -2.08. The van der Waals surface area contributed by atoms with Gasteiger partial charge in [-0.15, -0.1) is 0 Å². The van der Waals surface area contributed by atoms with Gasteiger partial charge in [0.15, 0.2) is 5.76 Å². The second-order valence-electron chi connectivity index (χ2n) is 5.21. The largest absolute Gasteiger partial charge is 0.497 e. The van der Waals surface area contributed by atoms with Crippen LogP contribution in [0.2, 0.25) is 0 Å². The van der Waals surface area contributed by atoms with E-state index < -0.39 is 0 Å². The van der Waals surface area contributed by atoms with Gasteiger partial charge in [-0.25, -0.2) is 0 Å². The highest BCUT2D eigenvalue weighted by molar-refractivity contribution is 6.12. The molecule has 23 heavy (non-hydrogen) atoms. The van der Waals surface area contributed by atoms with Gasteiger partial charge in [0, 0.05) is 22.7 Å². The zero-order chi connectivity index (χ0) is 16.6. The van der Waals surface area contributed by atoms with Crippen molar-refractivity contribution in [3.63, 3.8) is 0 Å². The van der Waals surface area contributed by atoms with Crippen molar-refractivity contribution in [2.24, 2.45) is 0 Å². The Morgan fingerprint density at radius 2 is 1.87 bits per heavy atom. The summed E-state index contributed by atoms with van der Waals surface area (Å²) in [5.74, 6) is 1.06. The number of nitrogen functional groups attached to an aromatic ring is 1. The van der Waals surface area contributed by atoms with Gasteiger partial charge >= 0.3 is 0 Å². The molecule has 0 aliphatic heterocycles. The molecule has 1 aromatic heterocycles. The first-order chi connectivity index (χ1) is 11.0. The third-order valence-corrected chi connectivity index (χ3v) is 3.82. The Bertz CT molecular complexity index is 895. The Balaban J connectivity index is 2.15. The van der Waals surface area contributed by atoms with E-state index in [1.165, 1.54) is 7.11 Å². The molecule has 0 bridgehead atoms. The van der Waals surface area contributed by atoms with Gasteiger partial charge in [-0.1, -0.05) is 0 Å². The van der Waals surface area contributed by atoms with Gasteiger partial charge in [-0.05, 0) is 37.3 Å². The topological polar surface area (TPSA) is 74.7 Å². The van der Waals surface area contributed by atoms with Crippen LogP contribution in [0, 0.1) is 6.92 Å². The first kappa shape index (κ1) is 15.0. The van der Waals surface area contributed by atoms with Crippen molar-refractivity contribution in [1.82, 2.24) is 0 Å². The average Bonchev–Trinajstić information content (AvgIpc) is 2.89. The number of ketones is 1. The van der Waals surface area contributed by atoms with Crippen LogP contribution in [0.25, 0.3) is 11.0 Å². The van der Waals surface area contributed by atoms with Crippen LogP contribution in [-0.4, -0.2) is 20.0 Å². The van der Waals surface area contributed by atoms with Crippen molar-refractivity contribution in [2.75, 3.05) is 20.0 Å². The van der Waals surface area contributed by atoms with Gasteiger partial charge in [0.25, 0.3) is 0 Å². The summed E-state index contributed by atoms with van der Waals surface area (Å²) in [5, 5.41) is 0.865. The lowest BCUT2D eigenvalue weighted by atomic mass is 10.0. The number of furan rings is 1. The van der Waals surface area contributed by atoms with E-state index in [0.717, 1.165) is 10.9 Å². The number of rotatable bonds is 4. The van der Waals surface area contributed by atoms with Gasteiger partial charge < -0.3 is 19.6 Å². The maximum atomic E-state index is 12.9. The molecule has 3 rings (SSSR count). The van der Waals surface area contributed by atoms with E-state index in [0.29, 0.717) is 28.3 Å². The van der Waals surface area contributed by atoms with Crippen LogP contribution < -0.4 is 15.2 Å². The minimum Gasteiger partial charge on any atom is -0.497 e. The number of anilines is 1. The van der Waals surface area contributed by atoms with E-state index in [1.807, 2.05) is 13.0 Å². The second kappa shape index (κ2) is 5.68. The Hall–Kier alpha value is -2.95. The van der Waals surface area contributed by atoms with Crippen LogP contribution in [-0.2, 0) is 0 Å². The highest BCUT2D eigenvalue weighted by atomic mass is 16.5. The number of ether oxygens (including phenoxy) is 2. The Morgan fingerprint density at radius 3 is 2.57 bits per heavy atom. The number of nitrogens with two attached hydrogens (primary N) is 1. The fourth-order valence-electron chi connectivity index (χ4n) is 2.57. The Kier molecular flexibility index (Phi) is 3.70. The molecule has 5 nitrogen and oxygen atoms in total. The van der Waals surface area contributed by atoms with Gasteiger partial charge in [-0.2, -0.15) is 0 Å². The molecular formula is C18H17NO4. The number of carbonyl (C=O) groups excluding carboxylic acids is 1. The fraction of sp³-hybridized carbons (Fsp3) is 0.167. The molecule has 0 saturated carbocycles. The van der Waals surface area contributed by atoms with Gasteiger partial charge in [0.1, 0.15) is 17.1 Å². The number of aryl methyl sites for hydroxylation is 1. The molecule has 0 atom stereocenters. The van der Waals surface area contributed by atoms with Crippen LogP contribution in [0.5, 0.6) is 11.5 Å². The summed E-state index contributed by atoms with van der Waals surface area (Å²) < 4.78 is 16.2. The van der Waals surface area contributed by atoms with Gasteiger partial charge in [-0.3, -0.25) is 4.79 Å². The number of hydrogen-bond donors (Lipinski definition) is 1. The van der Waals surface area contributed by atoms with E-state index in [1.54, 1.807) is 37.4 Å². The van der Waals surface area contributed by atoms with E-state index >= 15 is 0 Å². The van der Waals surface area contributed by atoms with Crippen molar-refractivity contribution >= 4 is 22.4 Å². The molecule has 2 aromatic carbocycles. The molecule has 0 amide bonds. The molecule has 0 spiro atoms. The molecule has 1 heterocycles. The zero-order valence-electron chi connectivity index (χ0n) is 13.2. The normalized spacial score (nSPS) is 10.7. The summed E-state index contributed by atoms with van der Waals surface area (Å²) in [4.78, 5) is 12.9. The molecule has 0 unspecified atom stereocenters. The number of benzene rings is 2. The van der Waals surface area contributed by atoms with E-state index in [4.69, 9.17) is 19.6 Å². The molecular weight excluding hydrogens is 294 g/mol. The standard InChI is InChI=1S/C18H17NO4/c1-10-13-6-4-11(19)8-16(13)23-18(10)17(20)14-9-12(21-2)5-7-15(14)22-3/h4-9H,19H2,1-3H3. The molecule has 0 aliphatic carbocycles. The van der Waals surface area contributed by atoms with Crippen molar-refractivity contribution in [1.29, 1.82) is 0 Å². The van der Waals surface area contributed by atoms with Gasteiger partial charge in [0.2, 0.25) is 5.78 Å². The minimum atomic E-state index is -0.256. The lowest BCUT2D eigenvalue weighted by Crippen LogP contribution is -2.04. The van der Waals surface area contributed by atoms with Crippen molar-refractivity contribution in [3.8, 4) is 11.5 Å². The summed E-state index contributed by atoms with van der Waals surface area (Å²) in [5.41, 5.74) is 8.11. The smallest absolute Gasteiger partial charge is 0.232 e. The summed E-state index contributed by atoms with van der Waals surface area (Å²) >= 11 is 0. The Labute approximate surface area is 133 Å². The van der Waals surface area contributed by atoms with Crippen LogP contribution in [0.1, 0.15) is 21.7 Å². The highest BCUT2D eigenvalue weighted by Crippen LogP contribution is 2.32. The summed E-state index contributed by atoms with van der Waals surface area (Å²) in [6.45, 7) is 1.85. The highest BCUT2D eigenvalue weighted by Gasteiger charge is 2.22. The molecule has 0 radical (unpaired) electrons. The first-order valence-corrected chi connectivity index (χ1v) is 7.10. The van der Waals surface area contributed by atoms with Gasteiger partial charge in [0.05, 0.1) is 19.8 Å². The maximum Gasteiger partial charge on any atom is 0.232 e. The SMILES string of the molecule is COc1ccc(OC)c(C(=O)c2oc3cc(N)ccc3c2C)c1. The van der Waals surface area contributed by atoms with Crippen LogP contribution in [0.4, 0.5) is 5.69 Å². The predicted octanol–water partition coefficient (Wildman–Crippen LogP) is 3.57. The molecule has 2 N–H and O–H groups in total. The predicted molar refractivity (Wildman–Crippen MR) is 88.3 cm³/mol. The van der Waals surface area contributed by atoms with Crippen LogP contribution in [0.15, 0.2) is 40.8 Å². The number of hydrogen-bond acceptors (Lipinski definition) is 5. The molecule has 118 valence electrons. The maximum absolute atomic E-state index is 12.9. The minimum absolute atomic E-state index is 0.256. The number of methoxy groups -OCH3 is 2. The van der Waals surface area contributed by atoms with Crippen molar-refractivity contribution < 1.29 is 18.7 Å². The molecule has 0 saturated heterocycles. The average molecular weight is 311 g/mol. The molecule has 0 aliphatic rings. The summed E-state index contributed by atoms with van der Waals surface area (Å²) in [6.07, 6.45) is 0. The third-order valence-electron chi connectivity index (χ3n) is 3.82.